The number of allylic oxidation sites excluding steroid dienone is 1. The molecule has 0 fully saturated rings. The first kappa shape index (κ1) is 12.7. The smallest absolute Gasteiger partial charge is 0.340 e. The van der Waals surface area contributed by atoms with Crippen molar-refractivity contribution in [3.8, 4) is 0 Å². The molecule has 16 heavy (non-hydrogen) atoms. The fourth-order valence-electron chi connectivity index (χ4n) is 1.22. The van der Waals surface area contributed by atoms with Gasteiger partial charge in [0, 0.05) is 12.4 Å². The normalized spacial score (nSPS) is 11.3. The summed E-state index contributed by atoms with van der Waals surface area (Å²) in [5.41, 5.74) is 1.22. The van der Waals surface area contributed by atoms with Crippen molar-refractivity contribution in [2.24, 2.45) is 0 Å². The molecule has 0 bridgehead atoms. The number of nitrogens with zero attached hydrogens (tertiary/aromatic N) is 1. The van der Waals surface area contributed by atoms with Gasteiger partial charge in [-0.15, -0.1) is 11.3 Å². The number of aromatic nitrogens is 1. The quantitative estimate of drug-likeness (QED) is 0.634. The Labute approximate surface area is 99.3 Å². The van der Waals surface area contributed by atoms with Crippen LogP contribution in [0.15, 0.2) is 11.5 Å². The van der Waals surface area contributed by atoms with E-state index in [1.54, 1.807) is 14.0 Å². The molecule has 0 saturated carbocycles. The Balaban J connectivity index is 2.94. The van der Waals surface area contributed by atoms with E-state index < -0.39 is 0 Å². The number of nitrogens with one attached hydrogen (secondary N) is 1. The number of ether oxygens (including phenoxy) is 1. The summed E-state index contributed by atoms with van der Waals surface area (Å²) in [5, 5.41) is 5.59. The Bertz CT molecular complexity index is 385. The first-order chi connectivity index (χ1) is 7.72. The number of hydrogen-bond donors (Lipinski definition) is 1. The maximum absolute atomic E-state index is 11.7. The summed E-state index contributed by atoms with van der Waals surface area (Å²) in [7, 11) is 1.80. The minimum atomic E-state index is -0.308. The van der Waals surface area contributed by atoms with Gasteiger partial charge in [0.05, 0.1) is 17.9 Å². The molecule has 0 atom stereocenters. The van der Waals surface area contributed by atoms with Crippen LogP contribution in [0, 0.1) is 0 Å². The van der Waals surface area contributed by atoms with Crippen molar-refractivity contribution < 1.29 is 9.53 Å². The van der Waals surface area contributed by atoms with E-state index in [-0.39, 0.29) is 5.97 Å². The molecule has 0 saturated heterocycles. The lowest BCUT2D eigenvalue weighted by molar-refractivity contribution is -0.136. The lowest BCUT2D eigenvalue weighted by atomic mass is 10.2. The van der Waals surface area contributed by atoms with Gasteiger partial charge in [-0.2, -0.15) is 0 Å². The number of anilines is 1. The van der Waals surface area contributed by atoms with E-state index >= 15 is 0 Å². The fraction of sp³-hybridized carbons (Fsp3) is 0.455. The Hall–Kier alpha value is -1.36. The van der Waals surface area contributed by atoms with Crippen LogP contribution in [0.4, 0.5) is 5.13 Å². The summed E-state index contributed by atoms with van der Waals surface area (Å²) in [5.74, 6) is -0.308. The van der Waals surface area contributed by atoms with Crippen molar-refractivity contribution in [1.82, 2.24) is 4.98 Å². The topological polar surface area (TPSA) is 51.2 Å². The number of rotatable bonds is 5. The second kappa shape index (κ2) is 6.27. The lowest BCUT2D eigenvalue weighted by Crippen LogP contribution is -2.07. The van der Waals surface area contributed by atoms with E-state index in [0.717, 1.165) is 11.6 Å². The third-order valence-electron chi connectivity index (χ3n) is 1.90. The largest absolute Gasteiger partial charge is 0.462 e. The molecule has 5 heteroatoms. The molecule has 4 nitrogen and oxygen atoms in total. The van der Waals surface area contributed by atoms with Crippen molar-refractivity contribution in [2.75, 3.05) is 19.0 Å². The molecular formula is C11H16N2O2S. The fourth-order valence-corrected chi connectivity index (χ4v) is 1.89. The Morgan fingerprint density at radius 1 is 1.62 bits per heavy atom. The highest BCUT2D eigenvalue weighted by Crippen LogP contribution is 2.22. The van der Waals surface area contributed by atoms with Gasteiger partial charge in [0.2, 0.25) is 0 Å². The van der Waals surface area contributed by atoms with E-state index in [4.69, 9.17) is 4.74 Å². The van der Waals surface area contributed by atoms with Gasteiger partial charge in [0.25, 0.3) is 0 Å². The molecule has 0 aliphatic rings. The van der Waals surface area contributed by atoms with Crippen LogP contribution in [-0.2, 0) is 9.53 Å². The highest BCUT2D eigenvalue weighted by Gasteiger charge is 2.15. The van der Waals surface area contributed by atoms with E-state index in [1.807, 2.05) is 18.4 Å². The lowest BCUT2D eigenvalue weighted by Gasteiger charge is -2.03. The average Bonchev–Trinajstić information content (AvgIpc) is 2.74. The van der Waals surface area contributed by atoms with Crippen LogP contribution in [0.5, 0.6) is 0 Å². The second-order valence-electron chi connectivity index (χ2n) is 3.03. The maximum atomic E-state index is 11.7. The molecule has 0 aliphatic heterocycles. The molecule has 0 radical (unpaired) electrons. The SMILES string of the molecule is CC/C=C(/C(=O)OCC)c1csc(NC)n1. The van der Waals surface area contributed by atoms with Crippen LogP contribution in [0.1, 0.15) is 26.0 Å². The van der Waals surface area contributed by atoms with Crippen LogP contribution < -0.4 is 5.32 Å². The summed E-state index contributed by atoms with van der Waals surface area (Å²) in [4.78, 5) is 16.0. The first-order valence-electron chi connectivity index (χ1n) is 5.23. The third kappa shape index (κ3) is 3.06. The average molecular weight is 240 g/mol. The van der Waals surface area contributed by atoms with Crippen LogP contribution in [0.3, 0.4) is 0 Å². The van der Waals surface area contributed by atoms with E-state index in [2.05, 4.69) is 10.3 Å². The van der Waals surface area contributed by atoms with E-state index in [0.29, 0.717) is 17.9 Å². The van der Waals surface area contributed by atoms with Gasteiger partial charge in [-0.25, -0.2) is 9.78 Å². The predicted octanol–water partition coefficient (Wildman–Crippen LogP) is 2.54. The van der Waals surface area contributed by atoms with Gasteiger partial charge >= 0.3 is 5.97 Å². The van der Waals surface area contributed by atoms with Gasteiger partial charge < -0.3 is 10.1 Å². The van der Waals surface area contributed by atoms with Crippen LogP contribution in [0.25, 0.3) is 5.57 Å². The zero-order valence-electron chi connectivity index (χ0n) is 9.74. The highest BCUT2D eigenvalue weighted by molar-refractivity contribution is 7.13. The van der Waals surface area contributed by atoms with Crippen LogP contribution in [0.2, 0.25) is 0 Å². The number of carbonyl (C=O) groups excluding carboxylic acids is 1. The molecule has 1 N–H and O–H groups in total. The number of thiazole rings is 1. The number of hydrogen-bond acceptors (Lipinski definition) is 5. The van der Waals surface area contributed by atoms with Crippen LogP contribution >= 0.6 is 11.3 Å². The Morgan fingerprint density at radius 2 is 2.38 bits per heavy atom. The van der Waals surface area contributed by atoms with Gasteiger partial charge in [-0.1, -0.05) is 13.0 Å². The molecule has 88 valence electrons. The maximum Gasteiger partial charge on any atom is 0.340 e. The zero-order chi connectivity index (χ0) is 12.0. The minimum Gasteiger partial charge on any atom is -0.462 e. The van der Waals surface area contributed by atoms with Crippen molar-refractivity contribution in [2.45, 2.75) is 20.3 Å². The van der Waals surface area contributed by atoms with Crippen molar-refractivity contribution in [1.29, 1.82) is 0 Å². The number of carbonyl (C=O) groups is 1. The Kier molecular flexibility index (Phi) is 4.98. The van der Waals surface area contributed by atoms with Crippen molar-refractivity contribution in [3.05, 3.63) is 17.2 Å². The molecule has 0 amide bonds. The predicted molar refractivity (Wildman–Crippen MR) is 66.6 cm³/mol. The second-order valence-corrected chi connectivity index (χ2v) is 3.89. The Morgan fingerprint density at radius 3 is 2.88 bits per heavy atom. The third-order valence-corrected chi connectivity index (χ3v) is 2.76. The summed E-state index contributed by atoms with van der Waals surface area (Å²) >= 11 is 1.47. The molecule has 0 unspecified atom stereocenters. The minimum absolute atomic E-state index is 0.308. The first-order valence-corrected chi connectivity index (χ1v) is 6.11. The van der Waals surface area contributed by atoms with Crippen LogP contribution in [-0.4, -0.2) is 24.6 Å². The monoisotopic (exact) mass is 240 g/mol. The summed E-state index contributed by atoms with van der Waals surface area (Å²) in [6.45, 7) is 4.15. The molecule has 1 heterocycles. The summed E-state index contributed by atoms with van der Waals surface area (Å²) < 4.78 is 4.99. The van der Waals surface area contributed by atoms with Gasteiger partial charge in [0.15, 0.2) is 5.13 Å². The van der Waals surface area contributed by atoms with Gasteiger partial charge in [0.1, 0.15) is 0 Å². The van der Waals surface area contributed by atoms with Crippen molar-refractivity contribution >= 4 is 28.0 Å². The molecule has 1 aromatic heterocycles. The van der Waals surface area contributed by atoms with E-state index in [9.17, 15) is 4.79 Å². The van der Waals surface area contributed by atoms with Gasteiger partial charge in [-0.05, 0) is 13.3 Å². The standard InChI is InChI=1S/C11H16N2O2S/c1-4-6-8(10(14)15-5-2)9-7-16-11(12-3)13-9/h6-7H,4-5H2,1-3H3,(H,12,13)/b8-6+. The molecule has 0 aromatic carbocycles. The molecule has 1 rings (SSSR count). The highest BCUT2D eigenvalue weighted by atomic mass is 32.1. The summed E-state index contributed by atoms with van der Waals surface area (Å²) in [6, 6.07) is 0. The molecule has 0 aliphatic carbocycles. The van der Waals surface area contributed by atoms with E-state index in [1.165, 1.54) is 11.3 Å². The molecular weight excluding hydrogens is 224 g/mol. The van der Waals surface area contributed by atoms with Gasteiger partial charge in [-0.3, -0.25) is 0 Å². The number of esters is 1. The molecule has 0 spiro atoms. The summed E-state index contributed by atoms with van der Waals surface area (Å²) in [6.07, 6.45) is 2.62. The zero-order valence-corrected chi connectivity index (χ0v) is 10.6. The molecule has 1 aromatic rings. The van der Waals surface area contributed by atoms with Crippen molar-refractivity contribution in [3.63, 3.8) is 0 Å².